The zero-order valence-electron chi connectivity index (χ0n) is 12.5. The standard InChI is InChI=1S/C15H13ClN4OS2/c1-3-11-19-20-15(22-11)18-13(21)12-8(2)17-14(23-12)9-4-6-10(16)7-5-9/h4-7H,3H2,1-2H3,(H,18,20,21). The van der Waals surface area contributed by atoms with Gasteiger partial charge in [0.15, 0.2) is 0 Å². The first-order chi connectivity index (χ1) is 11.1. The van der Waals surface area contributed by atoms with E-state index >= 15 is 0 Å². The highest BCUT2D eigenvalue weighted by atomic mass is 35.5. The number of aryl methyl sites for hydroxylation is 2. The van der Waals surface area contributed by atoms with Crippen LogP contribution in [-0.2, 0) is 6.42 Å². The molecule has 0 unspecified atom stereocenters. The summed E-state index contributed by atoms with van der Waals surface area (Å²) in [4.78, 5) is 17.5. The van der Waals surface area contributed by atoms with E-state index < -0.39 is 0 Å². The first-order valence-electron chi connectivity index (χ1n) is 6.94. The highest BCUT2D eigenvalue weighted by Crippen LogP contribution is 2.29. The van der Waals surface area contributed by atoms with Crippen LogP contribution in [0.3, 0.4) is 0 Å². The van der Waals surface area contributed by atoms with Gasteiger partial charge >= 0.3 is 0 Å². The van der Waals surface area contributed by atoms with Crippen molar-refractivity contribution in [3.8, 4) is 10.6 Å². The van der Waals surface area contributed by atoms with Crippen LogP contribution in [0.25, 0.3) is 10.6 Å². The predicted molar refractivity (Wildman–Crippen MR) is 94.5 cm³/mol. The van der Waals surface area contributed by atoms with Crippen LogP contribution in [-0.4, -0.2) is 21.1 Å². The minimum Gasteiger partial charge on any atom is -0.296 e. The molecule has 0 atom stereocenters. The number of rotatable bonds is 4. The summed E-state index contributed by atoms with van der Waals surface area (Å²) in [6, 6.07) is 7.39. The summed E-state index contributed by atoms with van der Waals surface area (Å²) < 4.78 is 0. The molecule has 3 rings (SSSR count). The molecule has 0 fully saturated rings. The van der Waals surface area contributed by atoms with Gasteiger partial charge < -0.3 is 0 Å². The molecule has 3 aromatic rings. The second-order valence-electron chi connectivity index (χ2n) is 4.75. The fraction of sp³-hybridized carbons (Fsp3) is 0.200. The molecule has 0 radical (unpaired) electrons. The maximum atomic E-state index is 12.4. The van der Waals surface area contributed by atoms with E-state index in [1.807, 2.05) is 26.0 Å². The number of hydrogen-bond donors (Lipinski definition) is 1. The molecule has 2 aromatic heterocycles. The smallest absolute Gasteiger partial charge is 0.269 e. The molecule has 5 nitrogen and oxygen atoms in total. The van der Waals surface area contributed by atoms with Crippen molar-refractivity contribution in [2.45, 2.75) is 20.3 Å². The van der Waals surface area contributed by atoms with Gasteiger partial charge in [-0.1, -0.05) is 42.0 Å². The van der Waals surface area contributed by atoms with Gasteiger partial charge in [-0.05, 0) is 25.5 Å². The molecule has 23 heavy (non-hydrogen) atoms. The second-order valence-corrected chi connectivity index (χ2v) is 7.25. The number of carbonyl (C=O) groups is 1. The quantitative estimate of drug-likeness (QED) is 0.743. The fourth-order valence-corrected chi connectivity index (χ4v) is 3.69. The summed E-state index contributed by atoms with van der Waals surface area (Å²) in [5.74, 6) is -0.209. The number of anilines is 1. The maximum absolute atomic E-state index is 12.4. The van der Waals surface area contributed by atoms with E-state index in [9.17, 15) is 4.79 Å². The van der Waals surface area contributed by atoms with E-state index in [0.717, 1.165) is 22.0 Å². The van der Waals surface area contributed by atoms with Crippen molar-refractivity contribution in [3.05, 3.63) is 44.9 Å². The molecule has 0 saturated carbocycles. The molecule has 1 amide bonds. The molecule has 0 aliphatic carbocycles. The number of aromatic nitrogens is 3. The van der Waals surface area contributed by atoms with Crippen LogP contribution in [0.5, 0.6) is 0 Å². The van der Waals surface area contributed by atoms with Crippen molar-refractivity contribution in [1.29, 1.82) is 0 Å². The van der Waals surface area contributed by atoms with Gasteiger partial charge in [-0.15, -0.1) is 21.5 Å². The van der Waals surface area contributed by atoms with Gasteiger partial charge in [-0.2, -0.15) is 0 Å². The Morgan fingerprint density at radius 3 is 2.61 bits per heavy atom. The second kappa shape index (κ2) is 6.74. The van der Waals surface area contributed by atoms with Crippen molar-refractivity contribution >= 4 is 45.3 Å². The van der Waals surface area contributed by atoms with E-state index in [0.29, 0.717) is 20.7 Å². The van der Waals surface area contributed by atoms with Crippen molar-refractivity contribution in [2.75, 3.05) is 5.32 Å². The van der Waals surface area contributed by atoms with E-state index in [2.05, 4.69) is 20.5 Å². The number of hydrogen-bond acceptors (Lipinski definition) is 6. The number of carbonyl (C=O) groups excluding carboxylic acids is 1. The minimum absolute atomic E-state index is 0.209. The molecule has 8 heteroatoms. The molecule has 118 valence electrons. The van der Waals surface area contributed by atoms with E-state index in [4.69, 9.17) is 11.6 Å². The molecule has 0 saturated heterocycles. The fourth-order valence-electron chi connectivity index (χ4n) is 1.92. The van der Waals surface area contributed by atoms with Crippen LogP contribution in [0, 0.1) is 6.92 Å². The lowest BCUT2D eigenvalue weighted by atomic mass is 10.2. The summed E-state index contributed by atoms with van der Waals surface area (Å²) in [6.45, 7) is 3.82. The average Bonchev–Trinajstić information content (AvgIpc) is 3.14. The van der Waals surface area contributed by atoms with Gasteiger partial charge in [-0.3, -0.25) is 10.1 Å². The molecule has 0 spiro atoms. The van der Waals surface area contributed by atoms with E-state index in [1.165, 1.54) is 22.7 Å². The number of thiazole rings is 1. The lowest BCUT2D eigenvalue weighted by molar-refractivity contribution is 0.102. The zero-order chi connectivity index (χ0) is 16.4. The SMILES string of the molecule is CCc1nnc(NC(=O)c2sc(-c3ccc(Cl)cc3)nc2C)s1. The van der Waals surface area contributed by atoms with Crippen molar-refractivity contribution in [1.82, 2.24) is 15.2 Å². The zero-order valence-corrected chi connectivity index (χ0v) is 14.8. The third-order valence-electron chi connectivity index (χ3n) is 3.08. The summed E-state index contributed by atoms with van der Waals surface area (Å²) >= 11 is 8.63. The molecule has 0 aliphatic rings. The lowest BCUT2D eigenvalue weighted by Crippen LogP contribution is -2.11. The average molecular weight is 365 g/mol. The monoisotopic (exact) mass is 364 g/mol. The molecule has 1 aromatic carbocycles. The Kier molecular flexibility index (Phi) is 4.70. The topological polar surface area (TPSA) is 67.8 Å². The van der Waals surface area contributed by atoms with Crippen LogP contribution >= 0.6 is 34.3 Å². The number of amides is 1. The van der Waals surface area contributed by atoms with Crippen LogP contribution in [0.2, 0.25) is 5.02 Å². The van der Waals surface area contributed by atoms with Crippen molar-refractivity contribution < 1.29 is 4.79 Å². The molecule has 0 bridgehead atoms. The van der Waals surface area contributed by atoms with Gasteiger partial charge in [0.05, 0.1) is 5.69 Å². The Morgan fingerprint density at radius 1 is 1.22 bits per heavy atom. The molecular formula is C15H13ClN4OS2. The van der Waals surface area contributed by atoms with Gasteiger partial charge in [-0.25, -0.2) is 4.98 Å². The molecule has 1 N–H and O–H groups in total. The predicted octanol–water partition coefficient (Wildman–Crippen LogP) is 4.44. The molecule has 0 aliphatic heterocycles. The van der Waals surface area contributed by atoms with Gasteiger partial charge in [0, 0.05) is 10.6 Å². The van der Waals surface area contributed by atoms with Gasteiger partial charge in [0.1, 0.15) is 14.9 Å². The highest BCUT2D eigenvalue weighted by Gasteiger charge is 2.17. The van der Waals surface area contributed by atoms with Crippen LogP contribution in [0.15, 0.2) is 24.3 Å². The Labute approximate surface area is 146 Å². The lowest BCUT2D eigenvalue weighted by Gasteiger charge is -1.98. The third kappa shape index (κ3) is 3.57. The largest absolute Gasteiger partial charge is 0.296 e. The number of halogens is 1. The summed E-state index contributed by atoms with van der Waals surface area (Å²) in [5, 5.41) is 13.6. The normalized spacial score (nSPS) is 10.7. The van der Waals surface area contributed by atoms with Crippen LogP contribution in [0.4, 0.5) is 5.13 Å². The summed E-state index contributed by atoms with van der Waals surface area (Å²) in [6.07, 6.45) is 0.799. The number of nitrogens with one attached hydrogen (secondary N) is 1. The van der Waals surface area contributed by atoms with E-state index in [-0.39, 0.29) is 5.91 Å². The summed E-state index contributed by atoms with van der Waals surface area (Å²) in [7, 11) is 0. The first-order valence-corrected chi connectivity index (χ1v) is 8.95. The van der Waals surface area contributed by atoms with E-state index in [1.54, 1.807) is 12.1 Å². The maximum Gasteiger partial charge on any atom is 0.269 e. The third-order valence-corrected chi connectivity index (χ3v) is 5.52. The summed E-state index contributed by atoms with van der Waals surface area (Å²) in [5.41, 5.74) is 1.63. The van der Waals surface area contributed by atoms with Crippen LogP contribution in [0.1, 0.15) is 27.3 Å². The Bertz CT molecular complexity index is 842. The minimum atomic E-state index is -0.209. The van der Waals surface area contributed by atoms with Crippen molar-refractivity contribution in [2.24, 2.45) is 0 Å². The Hall–Kier alpha value is -1.83. The Balaban J connectivity index is 1.82. The van der Waals surface area contributed by atoms with Crippen molar-refractivity contribution in [3.63, 3.8) is 0 Å². The highest BCUT2D eigenvalue weighted by molar-refractivity contribution is 7.17. The Morgan fingerprint density at radius 2 is 1.96 bits per heavy atom. The van der Waals surface area contributed by atoms with Crippen LogP contribution < -0.4 is 5.32 Å². The number of benzene rings is 1. The first kappa shape index (κ1) is 16.0. The number of nitrogens with zero attached hydrogens (tertiary/aromatic N) is 3. The molecule has 2 heterocycles. The van der Waals surface area contributed by atoms with Gasteiger partial charge in [0.25, 0.3) is 5.91 Å². The van der Waals surface area contributed by atoms with Gasteiger partial charge in [0.2, 0.25) is 5.13 Å². The molecular weight excluding hydrogens is 352 g/mol.